The van der Waals surface area contributed by atoms with Crippen LogP contribution in [-0.4, -0.2) is 42.6 Å². The van der Waals surface area contributed by atoms with Gasteiger partial charge in [0, 0.05) is 18.3 Å². The molecule has 0 spiro atoms. The Balaban J connectivity index is 0.000000564. The third-order valence-electron chi connectivity index (χ3n) is 5.66. The van der Waals surface area contributed by atoms with Gasteiger partial charge >= 0.3 is 11.9 Å². The van der Waals surface area contributed by atoms with E-state index in [1.165, 1.54) is 13.8 Å². The number of benzene rings is 2. The second kappa shape index (κ2) is 15.9. The van der Waals surface area contributed by atoms with Crippen molar-refractivity contribution in [1.29, 1.82) is 0 Å². The number of carboxylic acid groups (broad SMARTS) is 2. The Hall–Kier alpha value is -3.94. The van der Waals surface area contributed by atoms with E-state index in [1.54, 1.807) is 24.3 Å². The number of phenols is 2. The Morgan fingerprint density at radius 2 is 0.892 bits per heavy atom. The fraction of sp³-hybridized carbons (Fsp3) is 0.379. The SMILES string of the molecule is CC(C)(c1ccc(O)cc1)c1ccc(O)cc1.CCCC(O)=C(C)C(=O)O.CCCC(O)=C(C)C(=O)O. The lowest BCUT2D eigenvalue weighted by molar-refractivity contribution is -0.133. The molecule has 0 aliphatic rings. The molecule has 2 aromatic rings. The molecule has 0 saturated heterocycles. The van der Waals surface area contributed by atoms with E-state index in [1.807, 2.05) is 38.1 Å². The van der Waals surface area contributed by atoms with E-state index in [9.17, 15) is 19.8 Å². The van der Waals surface area contributed by atoms with E-state index in [0.717, 1.165) is 24.0 Å². The van der Waals surface area contributed by atoms with E-state index in [-0.39, 0.29) is 39.6 Å². The van der Waals surface area contributed by atoms with E-state index in [0.29, 0.717) is 12.8 Å². The lowest BCUT2D eigenvalue weighted by atomic mass is 9.78. The summed E-state index contributed by atoms with van der Waals surface area (Å²) in [5.74, 6) is -1.59. The molecular weight excluding hydrogens is 476 g/mol. The summed E-state index contributed by atoms with van der Waals surface area (Å²) in [6.45, 7) is 10.8. The van der Waals surface area contributed by atoms with E-state index in [2.05, 4.69) is 13.8 Å². The minimum absolute atomic E-state index is 0.0185. The monoisotopic (exact) mass is 516 g/mol. The van der Waals surface area contributed by atoms with Crippen molar-refractivity contribution in [2.45, 2.75) is 72.6 Å². The van der Waals surface area contributed by atoms with Gasteiger partial charge in [-0.1, -0.05) is 52.0 Å². The van der Waals surface area contributed by atoms with Gasteiger partial charge in [-0.15, -0.1) is 0 Å². The van der Waals surface area contributed by atoms with Crippen LogP contribution in [0.15, 0.2) is 71.2 Å². The van der Waals surface area contributed by atoms with Crippen LogP contribution in [0.1, 0.15) is 78.4 Å². The molecule has 0 unspecified atom stereocenters. The van der Waals surface area contributed by atoms with Crippen LogP contribution in [0.5, 0.6) is 11.5 Å². The fourth-order valence-corrected chi connectivity index (χ4v) is 3.02. The number of hydrogen-bond acceptors (Lipinski definition) is 6. The van der Waals surface area contributed by atoms with Gasteiger partial charge in [0.15, 0.2) is 0 Å². The summed E-state index contributed by atoms with van der Waals surface area (Å²) >= 11 is 0. The molecule has 0 aliphatic heterocycles. The van der Waals surface area contributed by atoms with Gasteiger partial charge in [0.2, 0.25) is 0 Å². The summed E-state index contributed by atoms with van der Waals surface area (Å²) < 4.78 is 0. The average molecular weight is 517 g/mol. The second-order valence-electron chi connectivity index (χ2n) is 8.97. The van der Waals surface area contributed by atoms with Gasteiger partial charge < -0.3 is 30.6 Å². The van der Waals surface area contributed by atoms with Crippen molar-refractivity contribution in [3.63, 3.8) is 0 Å². The van der Waals surface area contributed by atoms with Crippen molar-refractivity contribution in [3.05, 3.63) is 82.3 Å². The molecule has 0 radical (unpaired) electrons. The number of phenolic OH excluding ortho intramolecular Hbond substituents is 2. The Kier molecular flexibility index (Phi) is 14.2. The molecule has 8 heteroatoms. The lowest BCUT2D eigenvalue weighted by Gasteiger charge is -2.26. The smallest absolute Gasteiger partial charge is 0.334 e. The summed E-state index contributed by atoms with van der Waals surface area (Å²) in [5.41, 5.74) is 2.19. The van der Waals surface area contributed by atoms with E-state index >= 15 is 0 Å². The van der Waals surface area contributed by atoms with Gasteiger partial charge in [0.25, 0.3) is 0 Å². The van der Waals surface area contributed by atoms with Gasteiger partial charge in [-0.05, 0) is 62.1 Å². The van der Waals surface area contributed by atoms with Crippen molar-refractivity contribution in [1.82, 2.24) is 0 Å². The average Bonchev–Trinajstić information content (AvgIpc) is 2.84. The molecule has 2 rings (SSSR count). The van der Waals surface area contributed by atoms with Gasteiger partial charge in [0.1, 0.15) is 23.0 Å². The van der Waals surface area contributed by atoms with Crippen molar-refractivity contribution in [3.8, 4) is 11.5 Å². The second-order valence-corrected chi connectivity index (χ2v) is 8.97. The zero-order chi connectivity index (χ0) is 28.8. The highest BCUT2D eigenvalue weighted by molar-refractivity contribution is 5.86. The first-order valence-corrected chi connectivity index (χ1v) is 12.0. The van der Waals surface area contributed by atoms with Crippen LogP contribution in [0.4, 0.5) is 0 Å². The number of hydrogen-bond donors (Lipinski definition) is 6. The van der Waals surface area contributed by atoms with Crippen LogP contribution in [-0.2, 0) is 15.0 Å². The molecule has 0 saturated carbocycles. The van der Waals surface area contributed by atoms with E-state index in [4.69, 9.17) is 20.4 Å². The van der Waals surface area contributed by atoms with Crippen molar-refractivity contribution >= 4 is 11.9 Å². The van der Waals surface area contributed by atoms with Crippen LogP contribution >= 0.6 is 0 Å². The number of carboxylic acids is 2. The first-order valence-electron chi connectivity index (χ1n) is 12.0. The molecule has 0 heterocycles. The third kappa shape index (κ3) is 11.6. The molecule has 204 valence electrons. The number of aliphatic hydroxyl groups excluding tert-OH is 2. The maximum Gasteiger partial charge on any atom is 0.334 e. The minimum atomic E-state index is -1.05. The molecule has 0 bridgehead atoms. The fourth-order valence-electron chi connectivity index (χ4n) is 3.02. The van der Waals surface area contributed by atoms with Gasteiger partial charge in [-0.3, -0.25) is 0 Å². The van der Waals surface area contributed by atoms with E-state index < -0.39 is 11.9 Å². The van der Waals surface area contributed by atoms with Crippen LogP contribution in [0, 0.1) is 0 Å². The van der Waals surface area contributed by atoms with Gasteiger partial charge in [-0.2, -0.15) is 0 Å². The van der Waals surface area contributed by atoms with Crippen molar-refractivity contribution in [2.75, 3.05) is 0 Å². The number of allylic oxidation sites excluding steroid dienone is 2. The first kappa shape index (κ1) is 33.1. The third-order valence-corrected chi connectivity index (χ3v) is 5.66. The predicted octanol–water partition coefficient (Wildman–Crippen LogP) is 6.83. The Morgan fingerprint density at radius 3 is 1.11 bits per heavy atom. The van der Waals surface area contributed by atoms with Gasteiger partial charge in [-0.25, -0.2) is 9.59 Å². The van der Waals surface area contributed by atoms with Gasteiger partial charge in [0.05, 0.1) is 11.1 Å². The number of carbonyl (C=O) groups is 2. The molecular formula is C29H40O8. The quantitative estimate of drug-likeness (QED) is 0.165. The standard InChI is InChI=1S/C15H16O2.2C7H12O3/c1-15(2,11-3-7-13(16)8-4-11)12-5-9-14(17)10-6-12;2*1-3-4-6(8)5(2)7(9)10/h3-10,16-17H,1-2H3;2*8H,3-4H2,1-2H3,(H,9,10). The summed E-state index contributed by atoms with van der Waals surface area (Å²) in [6.07, 6.45) is 2.41. The Labute approximate surface area is 218 Å². The molecule has 0 amide bonds. The Bertz CT molecular complexity index is 977. The number of rotatable bonds is 8. The highest BCUT2D eigenvalue weighted by atomic mass is 16.4. The van der Waals surface area contributed by atoms with Crippen molar-refractivity contribution < 1.29 is 40.2 Å². The largest absolute Gasteiger partial charge is 0.512 e. The Morgan fingerprint density at radius 1 is 0.622 bits per heavy atom. The maximum absolute atomic E-state index is 10.2. The van der Waals surface area contributed by atoms with Crippen molar-refractivity contribution in [2.24, 2.45) is 0 Å². The highest BCUT2D eigenvalue weighted by Gasteiger charge is 2.22. The molecule has 6 N–H and O–H groups in total. The summed E-state index contributed by atoms with van der Waals surface area (Å²) in [7, 11) is 0. The molecule has 8 nitrogen and oxygen atoms in total. The van der Waals surface area contributed by atoms with Crippen LogP contribution in [0.25, 0.3) is 0 Å². The number of aliphatic carboxylic acids is 2. The first-order chi connectivity index (χ1) is 17.2. The zero-order valence-corrected chi connectivity index (χ0v) is 22.4. The maximum atomic E-state index is 10.2. The number of aromatic hydroxyl groups is 2. The predicted molar refractivity (Wildman–Crippen MR) is 144 cm³/mol. The summed E-state index contributed by atoms with van der Waals surface area (Å²) in [6, 6.07) is 14.4. The zero-order valence-electron chi connectivity index (χ0n) is 22.4. The summed E-state index contributed by atoms with van der Waals surface area (Å²) in [4.78, 5) is 20.4. The molecule has 0 atom stereocenters. The highest BCUT2D eigenvalue weighted by Crippen LogP contribution is 2.32. The minimum Gasteiger partial charge on any atom is -0.512 e. The molecule has 0 fully saturated rings. The lowest BCUT2D eigenvalue weighted by Crippen LogP contribution is -2.18. The molecule has 37 heavy (non-hydrogen) atoms. The summed E-state index contributed by atoms with van der Waals surface area (Å²) in [5, 5.41) is 53.3. The van der Waals surface area contributed by atoms with Crippen LogP contribution in [0.3, 0.4) is 0 Å². The van der Waals surface area contributed by atoms with Crippen LogP contribution < -0.4 is 0 Å². The molecule has 0 aromatic heterocycles. The molecule has 2 aromatic carbocycles. The normalized spacial score (nSPS) is 12.1. The number of aliphatic hydroxyl groups is 2. The van der Waals surface area contributed by atoms with Crippen LogP contribution in [0.2, 0.25) is 0 Å². The molecule has 0 aliphatic carbocycles. The topological polar surface area (TPSA) is 156 Å².